The van der Waals surface area contributed by atoms with Crippen molar-refractivity contribution >= 4 is 22.9 Å². The molecule has 0 aliphatic heterocycles. The Morgan fingerprint density at radius 2 is 2.11 bits per heavy atom. The van der Waals surface area contributed by atoms with Gasteiger partial charge in [-0.05, 0) is 12.1 Å². The number of hydrogen-bond donors (Lipinski definition) is 1. The van der Waals surface area contributed by atoms with Crippen LogP contribution in [0, 0.1) is 0 Å². The van der Waals surface area contributed by atoms with Gasteiger partial charge in [0.05, 0.1) is 0 Å². The first-order chi connectivity index (χ1) is 9.26. The molecule has 0 bridgehead atoms. The average Bonchev–Trinajstić information content (AvgIpc) is 3.04. The molecule has 0 radical (unpaired) electrons. The Bertz CT molecular complexity index is 696. The maximum Gasteiger partial charge on any atom is 0.322 e. The number of aromatic nitrogens is 2. The summed E-state index contributed by atoms with van der Waals surface area (Å²) in [6, 6.07) is 9.47. The fraction of sp³-hybridized carbons (Fsp3) is 0.154. The van der Waals surface area contributed by atoms with Gasteiger partial charge in [-0.3, -0.25) is 10.1 Å². The number of rotatable bonds is 3. The van der Waals surface area contributed by atoms with Crippen LogP contribution in [0.4, 0.5) is 6.01 Å². The van der Waals surface area contributed by atoms with E-state index in [0.717, 1.165) is 11.0 Å². The minimum Gasteiger partial charge on any atom is -0.451 e. The SMILES string of the molecule is CCC(=O)Nc1nnc(-c2cc3ccccc3o2)o1. The molecule has 0 saturated heterocycles. The Balaban J connectivity index is 1.91. The molecule has 19 heavy (non-hydrogen) atoms. The molecule has 0 saturated carbocycles. The van der Waals surface area contributed by atoms with Gasteiger partial charge in [-0.2, -0.15) is 0 Å². The monoisotopic (exact) mass is 257 g/mol. The molecule has 0 aliphatic rings. The maximum absolute atomic E-state index is 11.2. The van der Waals surface area contributed by atoms with Crippen molar-refractivity contribution in [3.05, 3.63) is 30.3 Å². The third kappa shape index (κ3) is 2.20. The Kier molecular flexibility index (Phi) is 2.75. The van der Waals surface area contributed by atoms with Crippen molar-refractivity contribution in [2.75, 3.05) is 5.32 Å². The zero-order chi connectivity index (χ0) is 13.2. The van der Waals surface area contributed by atoms with E-state index >= 15 is 0 Å². The Morgan fingerprint density at radius 1 is 1.26 bits per heavy atom. The summed E-state index contributed by atoms with van der Waals surface area (Å²) in [5, 5.41) is 11.0. The number of carbonyl (C=O) groups is 1. The third-order valence-electron chi connectivity index (χ3n) is 2.63. The first kappa shape index (κ1) is 11.5. The largest absolute Gasteiger partial charge is 0.451 e. The number of nitrogens with zero attached hydrogens (tertiary/aromatic N) is 2. The van der Waals surface area contributed by atoms with Gasteiger partial charge in [0.15, 0.2) is 5.76 Å². The number of para-hydroxylation sites is 1. The van der Waals surface area contributed by atoms with Crippen molar-refractivity contribution in [3.63, 3.8) is 0 Å². The zero-order valence-electron chi connectivity index (χ0n) is 10.2. The first-order valence-corrected chi connectivity index (χ1v) is 5.88. The first-order valence-electron chi connectivity index (χ1n) is 5.88. The molecule has 6 heteroatoms. The maximum atomic E-state index is 11.2. The average molecular weight is 257 g/mol. The molecule has 0 aliphatic carbocycles. The lowest BCUT2D eigenvalue weighted by Gasteiger charge is -1.93. The predicted octanol–water partition coefficient (Wildman–Crippen LogP) is 2.83. The second-order valence-electron chi connectivity index (χ2n) is 3.96. The van der Waals surface area contributed by atoms with Crippen molar-refractivity contribution in [2.24, 2.45) is 0 Å². The van der Waals surface area contributed by atoms with E-state index in [2.05, 4.69) is 15.5 Å². The summed E-state index contributed by atoms with van der Waals surface area (Å²) in [5.74, 6) is 0.535. The number of furan rings is 1. The second kappa shape index (κ2) is 4.56. The molecule has 1 aromatic carbocycles. The van der Waals surface area contributed by atoms with E-state index in [1.165, 1.54) is 0 Å². The topological polar surface area (TPSA) is 81.2 Å². The third-order valence-corrected chi connectivity index (χ3v) is 2.63. The van der Waals surface area contributed by atoms with E-state index in [4.69, 9.17) is 8.83 Å². The summed E-state index contributed by atoms with van der Waals surface area (Å²) in [5.41, 5.74) is 0.745. The van der Waals surface area contributed by atoms with Crippen LogP contribution >= 0.6 is 0 Å². The highest BCUT2D eigenvalue weighted by Gasteiger charge is 2.14. The molecule has 2 heterocycles. The highest BCUT2D eigenvalue weighted by Crippen LogP contribution is 2.27. The summed E-state index contributed by atoms with van der Waals surface area (Å²) < 4.78 is 10.9. The van der Waals surface area contributed by atoms with E-state index in [9.17, 15) is 4.79 Å². The summed E-state index contributed by atoms with van der Waals surface area (Å²) in [6.07, 6.45) is 0.350. The molecule has 0 atom stereocenters. The van der Waals surface area contributed by atoms with Crippen LogP contribution in [0.3, 0.4) is 0 Å². The molecule has 1 amide bonds. The van der Waals surface area contributed by atoms with Gasteiger partial charge in [-0.25, -0.2) is 0 Å². The zero-order valence-corrected chi connectivity index (χ0v) is 10.2. The summed E-state index contributed by atoms with van der Waals surface area (Å²) in [7, 11) is 0. The standard InChI is InChI=1S/C13H11N3O3/c1-2-11(17)14-13-16-15-12(19-13)10-7-8-5-3-4-6-9(8)18-10/h3-7H,2H2,1H3,(H,14,16,17). The number of nitrogens with one attached hydrogen (secondary N) is 1. The van der Waals surface area contributed by atoms with E-state index in [1.807, 2.05) is 30.3 Å². The minimum absolute atomic E-state index is 0.0716. The number of benzene rings is 1. The molecule has 1 N–H and O–H groups in total. The van der Waals surface area contributed by atoms with Gasteiger partial charge < -0.3 is 8.83 Å². The Morgan fingerprint density at radius 3 is 2.89 bits per heavy atom. The van der Waals surface area contributed by atoms with Crippen molar-refractivity contribution in [2.45, 2.75) is 13.3 Å². The second-order valence-corrected chi connectivity index (χ2v) is 3.96. The molecular weight excluding hydrogens is 246 g/mol. The molecule has 3 aromatic rings. The summed E-state index contributed by atoms with van der Waals surface area (Å²) >= 11 is 0. The fourth-order valence-electron chi connectivity index (χ4n) is 1.67. The van der Waals surface area contributed by atoms with Crippen LogP contribution in [-0.2, 0) is 4.79 Å². The van der Waals surface area contributed by atoms with Gasteiger partial charge in [0.2, 0.25) is 5.91 Å². The van der Waals surface area contributed by atoms with Crippen LogP contribution in [-0.4, -0.2) is 16.1 Å². The van der Waals surface area contributed by atoms with Gasteiger partial charge >= 0.3 is 6.01 Å². The number of amides is 1. The van der Waals surface area contributed by atoms with Crippen LogP contribution in [0.1, 0.15) is 13.3 Å². The van der Waals surface area contributed by atoms with Crippen LogP contribution in [0.5, 0.6) is 0 Å². The van der Waals surface area contributed by atoms with Gasteiger partial charge in [-0.15, -0.1) is 5.10 Å². The van der Waals surface area contributed by atoms with E-state index in [0.29, 0.717) is 12.2 Å². The normalized spacial score (nSPS) is 10.8. The molecule has 96 valence electrons. The number of hydrogen-bond acceptors (Lipinski definition) is 5. The lowest BCUT2D eigenvalue weighted by Crippen LogP contribution is -2.09. The lowest BCUT2D eigenvalue weighted by molar-refractivity contribution is -0.116. The molecule has 0 unspecified atom stereocenters. The number of carbonyl (C=O) groups excluding carboxylic acids is 1. The molecule has 2 aromatic heterocycles. The summed E-state index contributed by atoms with van der Waals surface area (Å²) in [6.45, 7) is 1.74. The van der Waals surface area contributed by atoms with Crippen LogP contribution in [0.2, 0.25) is 0 Å². The van der Waals surface area contributed by atoms with Gasteiger partial charge in [-0.1, -0.05) is 30.2 Å². The predicted molar refractivity (Wildman–Crippen MR) is 68.4 cm³/mol. The molecule has 0 fully saturated rings. The van der Waals surface area contributed by atoms with Crippen LogP contribution in [0.15, 0.2) is 39.2 Å². The van der Waals surface area contributed by atoms with Crippen molar-refractivity contribution in [1.82, 2.24) is 10.2 Å². The lowest BCUT2D eigenvalue weighted by atomic mass is 10.2. The fourth-order valence-corrected chi connectivity index (χ4v) is 1.67. The van der Waals surface area contributed by atoms with Crippen LogP contribution < -0.4 is 5.32 Å². The Hall–Kier alpha value is -2.63. The highest BCUT2D eigenvalue weighted by molar-refractivity contribution is 5.88. The quantitative estimate of drug-likeness (QED) is 0.780. The number of fused-ring (bicyclic) bond motifs is 1. The van der Waals surface area contributed by atoms with Crippen molar-refractivity contribution in [1.29, 1.82) is 0 Å². The van der Waals surface area contributed by atoms with Crippen molar-refractivity contribution < 1.29 is 13.6 Å². The van der Waals surface area contributed by atoms with E-state index in [1.54, 1.807) is 6.92 Å². The smallest absolute Gasteiger partial charge is 0.322 e. The molecule has 6 nitrogen and oxygen atoms in total. The van der Waals surface area contributed by atoms with E-state index < -0.39 is 0 Å². The van der Waals surface area contributed by atoms with Gasteiger partial charge in [0.25, 0.3) is 5.89 Å². The molecule has 3 rings (SSSR count). The van der Waals surface area contributed by atoms with Crippen molar-refractivity contribution in [3.8, 4) is 11.7 Å². The molecule has 0 spiro atoms. The minimum atomic E-state index is -0.181. The summed E-state index contributed by atoms with van der Waals surface area (Å²) in [4.78, 5) is 11.2. The molecular formula is C13H11N3O3. The van der Waals surface area contributed by atoms with Crippen LogP contribution in [0.25, 0.3) is 22.6 Å². The highest BCUT2D eigenvalue weighted by atomic mass is 16.4. The Labute approximate surface area is 108 Å². The van der Waals surface area contributed by atoms with E-state index in [-0.39, 0.29) is 17.8 Å². The number of anilines is 1. The van der Waals surface area contributed by atoms with Gasteiger partial charge in [0.1, 0.15) is 5.58 Å². The van der Waals surface area contributed by atoms with Gasteiger partial charge in [0, 0.05) is 11.8 Å².